The lowest BCUT2D eigenvalue weighted by atomic mass is 9.99. The molecule has 0 spiro atoms. The molecule has 26 heavy (non-hydrogen) atoms. The summed E-state index contributed by atoms with van der Waals surface area (Å²) >= 11 is 0. The predicted molar refractivity (Wildman–Crippen MR) is 93.9 cm³/mol. The zero-order valence-corrected chi connectivity index (χ0v) is 15.0. The number of carbonyl (C=O) groups excluding carboxylic acids is 1. The minimum Gasteiger partial charge on any atom is -0.493 e. The van der Waals surface area contributed by atoms with Crippen molar-refractivity contribution in [2.45, 2.75) is 19.9 Å². The molecule has 7 nitrogen and oxygen atoms in total. The summed E-state index contributed by atoms with van der Waals surface area (Å²) in [6.45, 7) is 2.45. The standard InChI is InChI=1S/C19H21NO6/c1-12-19(15(21)5-7-25-12)26-11-18(22)20-6-4-13-8-16(23-2)17(24-3)9-14(13)10-20/h5,7-9H,4,6,10-11H2,1-3H3. The summed E-state index contributed by atoms with van der Waals surface area (Å²) < 4.78 is 21.2. The number of rotatable bonds is 5. The van der Waals surface area contributed by atoms with Crippen LogP contribution in [0.15, 0.2) is 33.7 Å². The molecule has 0 atom stereocenters. The monoisotopic (exact) mass is 359 g/mol. The van der Waals surface area contributed by atoms with Gasteiger partial charge in [-0.1, -0.05) is 0 Å². The Bertz CT molecular complexity index is 873. The second-order valence-corrected chi connectivity index (χ2v) is 6.00. The molecule has 0 saturated carbocycles. The van der Waals surface area contributed by atoms with Crippen LogP contribution in [0.4, 0.5) is 0 Å². The van der Waals surface area contributed by atoms with Gasteiger partial charge in [-0.05, 0) is 36.6 Å². The van der Waals surface area contributed by atoms with Crippen molar-refractivity contribution in [1.82, 2.24) is 4.90 Å². The van der Waals surface area contributed by atoms with Gasteiger partial charge in [0.05, 0.1) is 20.5 Å². The number of methoxy groups -OCH3 is 2. The van der Waals surface area contributed by atoms with E-state index in [4.69, 9.17) is 18.6 Å². The molecule has 3 rings (SSSR count). The average Bonchev–Trinajstić information content (AvgIpc) is 2.65. The first-order valence-corrected chi connectivity index (χ1v) is 8.26. The van der Waals surface area contributed by atoms with Gasteiger partial charge in [-0.2, -0.15) is 0 Å². The molecule has 0 aliphatic carbocycles. The smallest absolute Gasteiger partial charge is 0.260 e. The Balaban J connectivity index is 1.70. The molecule has 1 aliphatic heterocycles. The van der Waals surface area contributed by atoms with Gasteiger partial charge in [-0.3, -0.25) is 9.59 Å². The Kier molecular flexibility index (Phi) is 5.16. The SMILES string of the molecule is COc1cc2c(cc1OC)CN(C(=O)COc1c(C)occc1=O)CC2. The van der Waals surface area contributed by atoms with Crippen LogP contribution in [0.25, 0.3) is 0 Å². The van der Waals surface area contributed by atoms with Crippen LogP contribution in [-0.2, 0) is 17.8 Å². The van der Waals surface area contributed by atoms with Crippen LogP contribution < -0.4 is 19.6 Å². The highest BCUT2D eigenvalue weighted by atomic mass is 16.5. The first-order chi connectivity index (χ1) is 12.5. The third kappa shape index (κ3) is 3.51. The third-order valence-corrected chi connectivity index (χ3v) is 4.42. The molecule has 1 amide bonds. The lowest BCUT2D eigenvalue weighted by molar-refractivity contribution is -0.134. The van der Waals surface area contributed by atoms with E-state index in [1.165, 1.54) is 12.3 Å². The number of benzene rings is 1. The summed E-state index contributed by atoms with van der Waals surface area (Å²) in [5.41, 5.74) is 1.84. The number of fused-ring (bicyclic) bond motifs is 1. The van der Waals surface area contributed by atoms with E-state index >= 15 is 0 Å². The van der Waals surface area contributed by atoms with Gasteiger partial charge in [-0.15, -0.1) is 0 Å². The number of amides is 1. The minimum atomic E-state index is -0.303. The second-order valence-electron chi connectivity index (χ2n) is 6.00. The van der Waals surface area contributed by atoms with Crippen molar-refractivity contribution in [2.75, 3.05) is 27.4 Å². The predicted octanol–water partition coefficient (Wildman–Crippen LogP) is 1.93. The summed E-state index contributed by atoms with van der Waals surface area (Å²) in [6, 6.07) is 5.11. The number of ether oxygens (including phenoxy) is 3. The van der Waals surface area contributed by atoms with Crippen LogP contribution in [0.2, 0.25) is 0 Å². The first-order valence-electron chi connectivity index (χ1n) is 8.26. The molecular formula is C19H21NO6. The van der Waals surface area contributed by atoms with Gasteiger partial charge >= 0.3 is 0 Å². The Morgan fingerprint density at radius 2 is 1.88 bits per heavy atom. The van der Waals surface area contributed by atoms with E-state index in [0.717, 1.165) is 11.1 Å². The number of hydrogen-bond acceptors (Lipinski definition) is 6. The molecule has 2 heterocycles. The van der Waals surface area contributed by atoms with E-state index in [2.05, 4.69) is 0 Å². The van der Waals surface area contributed by atoms with Crippen LogP contribution in [0, 0.1) is 6.92 Å². The van der Waals surface area contributed by atoms with Crippen molar-refractivity contribution in [1.29, 1.82) is 0 Å². The minimum absolute atomic E-state index is 0.0738. The van der Waals surface area contributed by atoms with Gasteiger partial charge in [0, 0.05) is 19.2 Å². The lowest BCUT2D eigenvalue weighted by Crippen LogP contribution is -2.39. The largest absolute Gasteiger partial charge is 0.493 e. The lowest BCUT2D eigenvalue weighted by Gasteiger charge is -2.29. The number of nitrogens with zero attached hydrogens (tertiary/aromatic N) is 1. The van der Waals surface area contributed by atoms with Gasteiger partial charge in [0.25, 0.3) is 5.91 Å². The summed E-state index contributed by atoms with van der Waals surface area (Å²) in [7, 11) is 3.18. The first kappa shape index (κ1) is 17.8. The molecule has 0 bridgehead atoms. The molecule has 0 N–H and O–H groups in total. The quantitative estimate of drug-likeness (QED) is 0.812. The molecular weight excluding hydrogens is 338 g/mol. The highest BCUT2D eigenvalue weighted by Gasteiger charge is 2.23. The summed E-state index contributed by atoms with van der Waals surface area (Å²) in [6.07, 6.45) is 2.02. The average molecular weight is 359 g/mol. The summed E-state index contributed by atoms with van der Waals surface area (Å²) in [5.74, 6) is 1.55. The van der Waals surface area contributed by atoms with Gasteiger partial charge in [0.15, 0.2) is 18.1 Å². The Morgan fingerprint density at radius 1 is 1.19 bits per heavy atom. The molecule has 1 aromatic carbocycles. The maximum absolute atomic E-state index is 12.5. The molecule has 1 aliphatic rings. The van der Waals surface area contributed by atoms with E-state index in [1.807, 2.05) is 12.1 Å². The summed E-state index contributed by atoms with van der Waals surface area (Å²) in [5, 5.41) is 0. The third-order valence-electron chi connectivity index (χ3n) is 4.42. The van der Waals surface area contributed by atoms with E-state index in [1.54, 1.807) is 26.0 Å². The highest BCUT2D eigenvalue weighted by molar-refractivity contribution is 5.78. The van der Waals surface area contributed by atoms with Gasteiger partial charge in [0.2, 0.25) is 11.2 Å². The Labute approximate surface area is 151 Å². The zero-order valence-electron chi connectivity index (χ0n) is 15.0. The van der Waals surface area contributed by atoms with E-state index < -0.39 is 0 Å². The topological polar surface area (TPSA) is 78.2 Å². The van der Waals surface area contributed by atoms with Gasteiger partial charge in [0.1, 0.15) is 5.76 Å². The molecule has 0 fully saturated rings. The van der Waals surface area contributed by atoms with Crippen molar-refractivity contribution in [3.8, 4) is 17.2 Å². The van der Waals surface area contributed by atoms with Crippen LogP contribution in [0.1, 0.15) is 16.9 Å². The van der Waals surface area contributed by atoms with Crippen LogP contribution in [-0.4, -0.2) is 38.2 Å². The van der Waals surface area contributed by atoms with Gasteiger partial charge < -0.3 is 23.5 Å². The molecule has 1 aromatic heterocycles. The fraction of sp³-hybridized carbons (Fsp3) is 0.368. The van der Waals surface area contributed by atoms with Crippen LogP contribution in [0.3, 0.4) is 0 Å². The maximum Gasteiger partial charge on any atom is 0.260 e. The Hall–Kier alpha value is -2.96. The molecule has 7 heteroatoms. The number of aryl methyl sites for hydroxylation is 1. The van der Waals surface area contributed by atoms with Crippen molar-refractivity contribution in [3.05, 3.63) is 51.6 Å². The van der Waals surface area contributed by atoms with Crippen LogP contribution >= 0.6 is 0 Å². The summed E-state index contributed by atoms with van der Waals surface area (Å²) in [4.78, 5) is 26.0. The van der Waals surface area contributed by atoms with Crippen LogP contribution in [0.5, 0.6) is 17.2 Å². The molecule has 138 valence electrons. The van der Waals surface area contributed by atoms with E-state index in [9.17, 15) is 9.59 Å². The van der Waals surface area contributed by atoms with Crippen molar-refractivity contribution in [3.63, 3.8) is 0 Å². The fourth-order valence-corrected chi connectivity index (χ4v) is 2.99. The second kappa shape index (κ2) is 7.51. The van der Waals surface area contributed by atoms with Crippen molar-refractivity contribution in [2.24, 2.45) is 0 Å². The molecule has 0 radical (unpaired) electrons. The Morgan fingerprint density at radius 3 is 2.54 bits per heavy atom. The molecule has 2 aromatic rings. The normalized spacial score (nSPS) is 13.1. The number of hydrogen-bond donors (Lipinski definition) is 0. The maximum atomic E-state index is 12.5. The van der Waals surface area contributed by atoms with E-state index in [-0.39, 0.29) is 23.7 Å². The fourth-order valence-electron chi connectivity index (χ4n) is 2.99. The van der Waals surface area contributed by atoms with E-state index in [0.29, 0.717) is 36.8 Å². The highest BCUT2D eigenvalue weighted by Crippen LogP contribution is 2.33. The van der Waals surface area contributed by atoms with Crippen molar-refractivity contribution >= 4 is 5.91 Å². The van der Waals surface area contributed by atoms with Crippen molar-refractivity contribution < 1.29 is 23.4 Å². The molecule has 0 unspecified atom stereocenters. The van der Waals surface area contributed by atoms with Gasteiger partial charge in [-0.25, -0.2) is 0 Å². The zero-order chi connectivity index (χ0) is 18.7. The molecule has 0 saturated heterocycles. The number of carbonyl (C=O) groups is 1.